The molecule has 0 aliphatic heterocycles. The zero-order valence-corrected chi connectivity index (χ0v) is 11.9. The van der Waals surface area contributed by atoms with Crippen molar-refractivity contribution in [3.8, 4) is 0 Å². The van der Waals surface area contributed by atoms with Crippen LogP contribution >= 0.6 is 15.9 Å². The predicted molar refractivity (Wildman–Crippen MR) is 71.9 cm³/mol. The molecule has 0 saturated carbocycles. The highest BCUT2D eigenvalue weighted by molar-refractivity contribution is 9.10. The summed E-state index contributed by atoms with van der Waals surface area (Å²) in [5.74, 6) is 1.07. The molecule has 0 radical (unpaired) electrons. The highest BCUT2D eigenvalue weighted by Crippen LogP contribution is 2.30. The minimum Gasteiger partial charge on any atom is -0.366 e. The third-order valence-electron chi connectivity index (χ3n) is 2.50. The Morgan fingerprint density at radius 1 is 1.53 bits per heavy atom. The number of nitro groups is 1. The smallest absolute Gasteiger partial charge is 0.270 e. The van der Waals surface area contributed by atoms with E-state index >= 15 is 0 Å². The second-order valence-electron chi connectivity index (χ2n) is 3.98. The van der Waals surface area contributed by atoms with Crippen LogP contribution < -0.4 is 4.90 Å². The molecule has 19 heavy (non-hydrogen) atoms. The number of aryl methyl sites for hydroxylation is 1. The second-order valence-corrected chi connectivity index (χ2v) is 4.83. The van der Waals surface area contributed by atoms with Crippen molar-refractivity contribution in [1.82, 2.24) is 10.1 Å². The molecule has 0 spiro atoms. The quantitative estimate of drug-likeness (QED) is 0.634. The molecule has 0 amide bonds. The molecule has 2 aromatic rings. The fraction of sp³-hybridized carbons (Fsp3) is 0.273. The topological polar surface area (TPSA) is 85.3 Å². The summed E-state index contributed by atoms with van der Waals surface area (Å²) in [4.78, 5) is 16.2. The highest BCUT2D eigenvalue weighted by atomic mass is 79.9. The van der Waals surface area contributed by atoms with E-state index in [9.17, 15) is 10.1 Å². The number of nitrogens with zero attached hydrogens (tertiary/aromatic N) is 4. The normalized spacial score (nSPS) is 10.5. The zero-order chi connectivity index (χ0) is 14.0. The summed E-state index contributed by atoms with van der Waals surface area (Å²) in [5.41, 5.74) is 0.854. The summed E-state index contributed by atoms with van der Waals surface area (Å²) >= 11 is 3.32. The first kappa shape index (κ1) is 13.5. The van der Waals surface area contributed by atoms with E-state index in [1.807, 2.05) is 11.9 Å². The molecule has 2 rings (SSSR count). The number of aromatic nitrogens is 2. The van der Waals surface area contributed by atoms with E-state index in [-0.39, 0.29) is 5.69 Å². The number of rotatable bonds is 4. The minimum absolute atomic E-state index is 0.0411. The molecule has 0 N–H and O–H groups in total. The first-order chi connectivity index (χ1) is 8.97. The number of hydrogen-bond donors (Lipinski definition) is 0. The summed E-state index contributed by atoms with van der Waals surface area (Å²) in [6, 6.07) is 4.60. The molecule has 0 aliphatic carbocycles. The van der Waals surface area contributed by atoms with Crippen molar-refractivity contribution < 1.29 is 9.45 Å². The average molecular weight is 327 g/mol. The van der Waals surface area contributed by atoms with Crippen molar-refractivity contribution in [1.29, 1.82) is 0 Å². The van der Waals surface area contributed by atoms with Gasteiger partial charge in [0.25, 0.3) is 5.69 Å². The van der Waals surface area contributed by atoms with Gasteiger partial charge in [0.2, 0.25) is 5.89 Å². The summed E-state index contributed by atoms with van der Waals surface area (Å²) in [5, 5.41) is 14.5. The van der Waals surface area contributed by atoms with Crippen LogP contribution in [0.2, 0.25) is 0 Å². The number of nitro benzene ring substituents is 1. The Morgan fingerprint density at radius 3 is 2.79 bits per heavy atom. The Bertz CT molecular complexity index is 614. The van der Waals surface area contributed by atoms with Gasteiger partial charge in [-0.2, -0.15) is 4.98 Å². The van der Waals surface area contributed by atoms with Gasteiger partial charge < -0.3 is 9.42 Å². The van der Waals surface area contributed by atoms with Gasteiger partial charge in [0.05, 0.1) is 17.2 Å². The Balaban J connectivity index is 2.19. The van der Waals surface area contributed by atoms with Crippen molar-refractivity contribution in [2.45, 2.75) is 13.5 Å². The molecule has 0 saturated heterocycles. The van der Waals surface area contributed by atoms with Crippen molar-refractivity contribution >= 4 is 27.3 Å². The summed E-state index contributed by atoms with van der Waals surface area (Å²) in [7, 11) is 1.84. The van der Waals surface area contributed by atoms with E-state index in [0.717, 1.165) is 5.69 Å². The number of halogens is 1. The standard InChI is InChI=1S/C11H11BrN4O3/c1-7-13-11(14-19-7)6-15(2)10-4-3-8(16(17)18)5-9(10)12/h3-5H,6H2,1-2H3. The van der Waals surface area contributed by atoms with E-state index in [1.165, 1.54) is 12.1 Å². The van der Waals surface area contributed by atoms with E-state index in [2.05, 4.69) is 26.1 Å². The fourth-order valence-electron chi connectivity index (χ4n) is 1.62. The molecule has 0 unspecified atom stereocenters. The second kappa shape index (κ2) is 5.35. The molecule has 8 heteroatoms. The molecule has 1 aromatic heterocycles. The lowest BCUT2D eigenvalue weighted by molar-refractivity contribution is -0.384. The van der Waals surface area contributed by atoms with Crippen molar-refractivity contribution in [2.24, 2.45) is 0 Å². The van der Waals surface area contributed by atoms with Gasteiger partial charge in [-0.25, -0.2) is 0 Å². The summed E-state index contributed by atoms with van der Waals surface area (Å²) < 4.78 is 5.54. The van der Waals surface area contributed by atoms with Gasteiger partial charge in [0.15, 0.2) is 5.82 Å². The van der Waals surface area contributed by atoms with Crippen LogP contribution in [-0.2, 0) is 6.54 Å². The summed E-state index contributed by atoms with van der Waals surface area (Å²) in [6.45, 7) is 2.17. The van der Waals surface area contributed by atoms with Crippen LogP contribution in [0.1, 0.15) is 11.7 Å². The largest absolute Gasteiger partial charge is 0.366 e. The molecule has 1 heterocycles. The predicted octanol–water partition coefficient (Wildman–Crippen LogP) is 2.69. The number of hydrogen-bond acceptors (Lipinski definition) is 6. The molecular formula is C11H11BrN4O3. The Labute approximate surface area is 117 Å². The SMILES string of the molecule is Cc1nc(CN(C)c2ccc([N+](=O)[O-])cc2Br)no1. The van der Waals surface area contributed by atoms with Crippen LogP contribution in [0, 0.1) is 17.0 Å². The van der Waals surface area contributed by atoms with E-state index in [0.29, 0.717) is 22.7 Å². The van der Waals surface area contributed by atoms with Crippen molar-refractivity contribution in [3.63, 3.8) is 0 Å². The fourth-order valence-corrected chi connectivity index (χ4v) is 2.29. The Morgan fingerprint density at radius 2 is 2.26 bits per heavy atom. The molecule has 0 bridgehead atoms. The van der Waals surface area contributed by atoms with Crippen LogP contribution in [0.25, 0.3) is 0 Å². The first-order valence-electron chi connectivity index (χ1n) is 5.41. The Kier molecular flexibility index (Phi) is 3.79. The lowest BCUT2D eigenvalue weighted by atomic mass is 10.2. The highest BCUT2D eigenvalue weighted by Gasteiger charge is 2.13. The van der Waals surface area contributed by atoms with Gasteiger partial charge in [0, 0.05) is 30.6 Å². The van der Waals surface area contributed by atoms with Gasteiger partial charge in [-0.3, -0.25) is 10.1 Å². The maximum Gasteiger partial charge on any atom is 0.270 e. The molecule has 0 aliphatic rings. The molecule has 7 nitrogen and oxygen atoms in total. The van der Waals surface area contributed by atoms with E-state index in [1.54, 1.807) is 13.0 Å². The molecule has 0 atom stereocenters. The Hall–Kier alpha value is -1.96. The maximum absolute atomic E-state index is 10.7. The third kappa shape index (κ3) is 3.08. The van der Waals surface area contributed by atoms with Crippen LogP contribution in [0.3, 0.4) is 0 Å². The number of anilines is 1. The van der Waals surface area contributed by atoms with Crippen LogP contribution in [-0.4, -0.2) is 22.1 Å². The van der Waals surface area contributed by atoms with Gasteiger partial charge >= 0.3 is 0 Å². The van der Waals surface area contributed by atoms with Crippen LogP contribution in [0.5, 0.6) is 0 Å². The molecule has 100 valence electrons. The van der Waals surface area contributed by atoms with Crippen molar-refractivity contribution in [2.75, 3.05) is 11.9 Å². The van der Waals surface area contributed by atoms with Gasteiger partial charge in [-0.15, -0.1) is 0 Å². The molecule has 0 fully saturated rings. The number of benzene rings is 1. The van der Waals surface area contributed by atoms with Gasteiger partial charge in [0.1, 0.15) is 0 Å². The van der Waals surface area contributed by atoms with E-state index in [4.69, 9.17) is 4.52 Å². The van der Waals surface area contributed by atoms with Crippen LogP contribution in [0.4, 0.5) is 11.4 Å². The van der Waals surface area contributed by atoms with Gasteiger partial charge in [-0.05, 0) is 22.0 Å². The first-order valence-corrected chi connectivity index (χ1v) is 6.21. The molecular weight excluding hydrogens is 316 g/mol. The average Bonchev–Trinajstić information content (AvgIpc) is 2.74. The van der Waals surface area contributed by atoms with Crippen molar-refractivity contribution in [3.05, 3.63) is 44.5 Å². The summed E-state index contributed by atoms with van der Waals surface area (Å²) in [6.07, 6.45) is 0. The molecule has 1 aromatic carbocycles. The maximum atomic E-state index is 10.7. The van der Waals surface area contributed by atoms with E-state index < -0.39 is 4.92 Å². The van der Waals surface area contributed by atoms with Gasteiger partial charge in [-0.1, -0.05) is 5.16 Å². The minimum atomic E-state index is -0.433. The third-order valence-corrected chi connectivity index (χ3v) is 3.14. The lowest BCUT2D eigenvalue weighted by Crippen LogP contribution is -2.17. The zero-order valence-electron chi connectivity index (χ0n) is 10.3. The number of non-ortho nitro benzene ring substituents is 1. The van der Waals surface area contributed by atoms with Crippen LogP contribution in [0.15, 0.2) is 27.2 Å². The monoisotopic (exact) mass is 326 g/mol. The lowest BCUT2D eigenvalue weighted by Gasteiger charge is -2.18.